The van der Waals surface area contributed by atoms with Crippen molar-refractivity contribution in [1.29, 1.82) is 0 Å². The lowest BCUT2D eigenvalue weighted by atomic mass is 10.1. The van der Waals surface area contributed by atoms with Gasteiger partial charge in [-0.1, -0.05) is 6.08 Å². The maximum Gasteiger partial charge on any atom is 0.140 e. The topological polar surface area (TPSA) is 17.1 Å². The van der Waals surface area contributed by atoms with Crippen LogP contribution in [0.1, 0.15) is 6.42 Å². The molecule has 0 fully saturated rings. The number of hydrogen-bond acceptors (Lipinski definition) is 2. The van der Waals surface area contributed by atoms with Gasteiger partial charge in [-0.3, -0.25) is 0 Å². The van der Waals surface area contributed by atoms with E-state index in [9.17, 15) is 9.18 Å². The number of rotatable bonds is 2. The Morgan fingerprint density at radius 1 is 1.70 bits per heavy atom. The van der Waals surface area contributed by atoms with Crippen molar-refractivity contribution in [3.63, 3.8) is 0 Å². The predicted octanol–water partition coefficient (Wildman–Crippen LogP) is 2.06. The molecule has 0 aromatic carbocycles. The largest absolute Gasteiger partial charge is 0.301 e. The number of aldehydes is 1. The van der Waals surface area contributed by atoms with Crippen LogP contribution in [0.25, 0.3) is 0 Å². The SMILES string of the molecule is O=CC1(C=CF)CC=CS1. The van der Waals surface area contributed by atoms with Crippen molar-refractivity contribution in [1.82, 2.24) is 0 Å². The van der Waals surface area contributed by atoms with Crippen LogP contribution in [-0.4, -0.2) is 11.0 Å². The van der Waals surface area contributed by atoms with E-state index in [0.29, 0.717) is 12.8 Å². The van der Waals surface area contributed by atoms with Gasteiger partial charge in [-0.25, -0.2) is 4.39 Å². The Balaban J connectivity index is 2.70. The highest BCUT2D eigenvalue weighted by Crippen LogP contribution is 2.35. The van der Waals surface area contributed by atoms with Gasteiger partial charge < -0.3 is 4.79 Å². The van der Waals surface area contributed by atoms with E-state index >= 15 is 0 Å². The molecular weight excluding hydrogens is 151 g/mol. The van der Waals surface area contributed by atoms with Gasteiger partial charge in [0.2, 0.25) is 0 Å². The summed E-state index contributed by atoms with van der Waals surface area (Å²) in [6.45, 7) is 0. The zero-order valence-electron chi connectivity index (χ0n) is 5.29. The van der Waals surface area contributed by atoms with Gasteiger partial charge in [0, 0.05) is 0 Å². The number of halogens is 1. The smallest absolute Gasteiger partial charge is 0.140 e. The highest BCUT2D eigenvalue weighted by Gasteiger charge is 2.28. The van der Waals surface area contributed by atoms with E-state index in [-0.39, 0.29) is 0 Å². The number of carbonyl (C=O) groups excluding carboxylic acids is 1. The van der Waals surface area contributed by atoms with Gasteiger partial charge in [-0.2, -0.15) is 0 Å². The van der Waals surface area contributed by atoms with Crippen LogP contribution in [0.2, 0.25) is 0 Å². The van der Waals surface area contributed by atoms with Crippen LogP contribution >= 0.6 is 11.8 Å². The fourth-order valence-electron chi connectivity index (χ4n) is 0.784. The first-order chi connectivity index (χ1) is 4.83. The zero-order valence-corrected chi connectivity index (χ0v) is 6.10. The summed E-state index contributed by atoms with van der Waals surface area (Å²) in [5, 5.41) is 1.81. The number of thioether (sulfide) groups is 1. The van der Waals surface area contributed by atoms with Crippen molar-refractivity contribution in [3.8, 4) is 0 Å². The highest BCUT2D eigenvalue weighted by molar-refractivity contribution is 8.04. The van der Waals surface area contributed by atoms with Gasteiger partial charge in [-0.15, -0.1) is 11.8 Å². The van der Waals surface area contributed by atoms with Crippen molar-refractivity contribution < 1.29 is 9.18 Å². The summed E-state index contributed by atoms with van der Waals surface area (Å²) in [6, 6.07) is 0. The van der Waals surface area contributed by atoms with Crippen LogP contribution in [0.5, 0.6) is 0 Å². The lowest BCUT2D eigenvalue weighted by molar-refractivity contribution is -0.108. The predicted molar refractivity (Wildman–Crippen MR) is 40.4 cm³/mol. The molecule has 0 saturated heterocycles. The fourth-order valence-corrected chi connectivity index (χ4v) is 1.61. The molecule has 0 bridgehead atoms. The lowest BCUT2D eigenvalue weighted by Gasteiger charge is -2.13. The number of hydrogen-bond donors (Lipinski definition) is 0. The Labute approximate surface area is 63.0 Å². The first kappa shape index (κ1) is 7.54. The van der Waals surface area contributed by atoms with Crippen LogP contribution in [-0.2, 0) is 4.79 Å². The third kappa shape index (κ3) is 1.29. The van der Waals surface area contributed by atoms with E-state index in [2.05, 4.69) is 0 Å². The van der Waals surface area contributed by atoms with E-state index < -0.39 is 4.75 Å². The minimum atomic E-state index is -0.644. The van der Waals surface area contributed by atoms with Gasteiger partial charge in [0.15, 0.2) is 0 Å². The molecule has 0 amide bonds. The molecule has 0 spiro atoms. The first-order valence-electron chi connectivity index (χ1n) is 2.90. The molecule has 0 saturated carbocycles. The maximum atomic E-state index is 11.7. The van der Waals surface area contributed by atoms with E-state index in [1.807, 2.05) is 11.5 Å². The molecule has 0 aromatic rings. The average Bonchev–Trinajstić information content (AvgIpc) is 2.39. The molecule has 1 rings (SSSR count). The number of carbonyl (C=O) groups is 1. The minimum Gasteiger partial charge on any atom is -0.301 e. The third-order valence-electron chi connectivity index (χ3n) is 1.37. The summed E-state index contributed by atoms with van der Waals surface area (Å²) in [5.41, 5.74) is 0. The van der Waals surface area contributed by atoms with Crippen molar-refractivity contribution >= 4 is 18.0 Å². The summed E-state index contributed by atoms with van der Waals surface area (Å²) in [7, 11) is 0. The first-order valence-corrected chi connectivity index (χ1v) is 3.78. The van der Waals surface area contributed by atoms with E-state index in [0.717, 1.165) is 6.29 Å². The van der Waals surface area contributed by atoms with Crippen LogP contribution in [0.3, 0.4) is 0 Å². The van der Waals surface area contributed by atoms with E-state index in [1.165, 1.54) is 17.8 Å². The molecule has 54 valence electrons. The van der Waals surface area contributed by atoms with Gasteiger partial charge in [0.25, 0.3) is 0 Å². The molecule has 3 heteroatoms. The van der Waals surface area contributed by atoms with E-state index in [4.69, 9.17) is 0 Å². The summed E-state index contributed by atoms with van der Waals surface area (Å²) < 4.78 is 11.1. The van der Waals surface area contributed by atoms with Gasteiger partial charge in [-0.05, 0) is 17.9 Å². The summed E-state index contributed by atoms with van der Waals surface area (Å²) in [5.74, 6) is 0. The second-order valence-corrected chi connectivity index (χ2v) is 3.33. The Hall–Kier alpha value is -0.570. The summed E-state index contributed by atoms with van der Waals surface area (Å²) in [6.07, 6.45) is 4.94. The molecule has 0 N–H and O–H groups in total. The van der Waals surface area contributed by atoms with Gasteiger partial charge in [0.1, 0.15) is 6.29 Å². The lowest BCUT2D eigenvalue weighted by Crippen LogP contribution is -2.18. The van der Waals surface area contributed by atoms with Crippen molar-refractivity contribution in [2.45, 2.75) is 11.2 Å². The van der Waals surface area contributed by atoms with Crippen molar-refractivity contribution in [2.75, 3.05) is 0 Å². The molecule has 1 aliphatic heterocycles. The normalized spacial score (nSPS) is 31.7. The summed E-state index contributed by atoms with van der Waals surface area (Å²) in [4.78, 5) is 10.4. The molecule has 1 heterocycles. The molecule has 0 radical (unpaired) electrons. The monoisotopic (exact) mass is 158 g/mol. The average molecular weight is 158 g/mol. The van der Waals surface area contributed by atoms with Crippen LogP contribution in [0.15, 0.2) is 23.9 Å². The minimum absolute atomic E-state index is 0.425. The maximum absolute atomic E-state index is 11.7. The van der Waals surface area contributed by atoms with Crippen LogP contribution < -0.4 is 0 Å². The highest BCUT2D eigenvalue weighted by atomic mass is 32.2. The quantitative estimate of drug-likeness (QED) is 0.572. The van der Waals surface area contributed by atoms with Gasteiger partial charge in [0.05, 0.1) is 11.1 Å². The second-order valence-electron chi connectivity index (χ2n) is 2.06. The Bertz CT molecular complexity index is 178. The second kappa shape index (κ2) is 3.01. The molecule has 1 aliphatic rings. The molecular formula is C7H7FOS. The molecule has 0 aromatic heterocycles. The van der Waals surface area contributed by atoms with E-state index in [1.54, 1.807) is 0 Å². The molecule has 1 nitrogen and oxygen atoms in total. The van der Waals surface area contributed by atoms with Crippen LogP contribution in [0.4, 0.5) is 4.39 Å². The van der Waals surface area contributed by atoms with Crippen molar-refractivity contribution in [3.05, 3.63) is 23.9 Å². The third-order valence-corrected chi connectivity index (χ3v) is 2.53. The Morgan fingerprint density at radius 2 is 2.50 bits per heavy atom. The molecule has 0 aliphatic carbocycles. The fraction of sp³-hybridized carbons (Fsp3) is 0.286. The Morgan fingerprint density at radius 3 is 2.90 bits per heavy atom. The van der Waals surface area contributed by atoms with Crippen LogP contribution in [0, 0.1) is 0 Å². The number of allylic oxidation sites excluding steroid dienone is 1. The molecule has 10 heavy (non-hydrogen) atoms. The standard InChI is InChI=1S/C7H7FOS/c8-4-3-7(6-9)2-1-5-10-7/h1,3-6H,2H2. The molecule has 1 unspecified atom stereocenters. The molecule has 1 atom stereocenters. The van der Waals surface area contributed by atoms with Crippen molar-refractivity contribution in [2.24, 2.45) is 0 Å². The summed E-state index contributed by atoms with van der Waals surface area (Å²) >= 11 is 1.34. The van der Waals surface area contributed by atoms with Gasteiger partial charge >= 0.3 is 0 Å². The zero-order chi connectivity index (χ0) is 7.45. The Kier molecular flexibility index (Phi) is 2.27.